The average molecular weight is 318 g/mol. The Bertz CT molecular complexity index is 705. The van der Waals surface area contributed by atoms with E-state index in [0.717, 1.165) is 51.0 Å². The number of benzene rings is 2. The van der Waals surface area contributed by atoms with Gasteiger partial charge >= 0.3 is 0 Å². The summed E-state index contributed by atoms with van der Waals surface area (Å²) in [7, 11) is 0. The van der Waals surface area contributed by atoms with E-state index < -0.39 is 0 Å². The van der Waals surface area contributed by atoms with Gasteiger partial charge in [0.25, 0.3) is 0 Å². The van der Waals surface area contributed by atoms with Crippen molar-refractivity contribution in [3.8, 4) is 11.8 Å². The number of aldehydes is 1. The van der Waals surface area contributed by atoms with Gasteiger partial charge in [0, 0.05) is 43.9 Å². The van der Waals surface area contributed by atoms with Crippen LogP contribution in [0.5, 0.6) is 0 Å². The maximum Gasteiger partial charge on any atom is 0.150 e. The minimum absolute atomic E-state index is 0.711. The van der Waals surface area contributed by atoms with E-state index in [-0.39, 0.29) is 0 Å². The van der Waals surface area contributed by atoms with Gasteiger partial charge < -0.3 is 4.90 Å². The number of piperazine rings is 1. The van der Waals surface area contributed by atoms with Gasteiger partial charge in [-0.3, -0.25) is 9.69 Å². The molecular formula is C21H22N2O. The maximum absolute atomic E-state index is 10.6. The first-order valence-electron chi connectivity index (χ1n) is 8.37. The second-order valence-electron chi connectivity index (χ2n) is 5.99. The fourth-order valence-electron chi connectivity index (χ4n) is 2.85. The van der Waals surface area contributed by atoms with Crippen LogP contribution in [-0.4, -0.2) is 43.9 Å². The van der Waals surface area contributed by atoms with Crippen molar-refractivity contribution in [2.24, 2.45) is 0 Å². The molecule has 0 spiro atoms. The van der Waals surface area contributed by atoms with Crippen LogP contribution in [-0.2, 0) is 6.42 Å². The highest BCUT2D eigenvalue weighted by molar-refractivity contribution is 5.74. The van der Waals surface area contributed by atoms with Gasteiger partial charge in [0.2, 0.25) is 0 Å². The fraction of sp³-hybridized carbons (Fsp3) is 0.286. The summed E-state index contributed by atoms with van der Waals surface area (Å²) in [6.45, 7) is 5.04. The first-order chi connectivity index (χ1) is 11.8. The van der Waals surface area contributed by atoms with Gasteiger partial charge in [-0.15, -0.1) is 0 Å². The lowest BCUT2D eigenvalue weighted by Crippen LogP contribution is -2.46. The number of anilines is 1. The third kappa shape index (κ3) is 4.47. The molecule has 2 aromatic rings. The number of para-hydroxylation sites is 1. The lowest BCUT2D eigenvalue weighted by Gasteiger charge is -2.35. The van der Waals surface area contributed by atoms with E-state index in [2.05, 4.69) is 52.0 Å². The molecule has 0 N–H and O–H groups in total. The molecule has 1 heterocycles. The predicted octanol–water partition coefficient (Wildman–Crippen LogP) is 2.87. The first kappa shape index (κ1) is 16.3. The summed E-state index contributed by atoms with van der Waals surface area (Å²) in [6, 6.07) is 18.2. The molecule has 0 bridgehead atoms. The normalized spacial score (nSPS) is 14.8. The van der Waals surface area contributed by atoms with Crippen LogP contribution in [0.3, 0.4) is 0 Å². The topological polar surface area (TPSA) is 23.6 Å². The number of nitrogens with zero attached hydrogens (tertiary/aromatic N) is 2. The van der Waals surface area contributed by atoms with Crippen molar-refractivity contribution in [3.05, 3.63) is 65.7 Å². The number of rotatable bonds is 4. The lowest BCUT2D eigenvalue weighted by atomic mass is 10.1. The molecule has 24 heavy (non-hydrogen) atoms. The zero-order chi connectivity index (χ0) is 16.6. The number of carbonyl (C=O) groups excluding carboxylic acids is 1. The minimum atomic E-state index is 0.711. The molecule has 0 saturated carbocycles. The van der Waals surface area contributed by atoms with Gasteiger partial charge in [-0.25, -0.2) is 0 Å². The molecule has 2 aromatic carbocycles. The van der Waals surface area contributed by atoms with Crippen molar-refractivity contribution in [2.75, 3.05) is 37.6 Å². The first-order valence-corrected chi connectivity index (χ1v) is 8.37. The highest BCUT2D eigenvalue weighted by atomic mass is 16.1. The van der Waals surface area contributed by atoms with Gasteiger partial charge in [0.15, 0.2) is 0 Å². The largest absolute Gasteiger partial charge is 0.369 e. The fourth-order valence-corrected chi connectivity index (χ4v) is 2.85. The molecule has 3 rings (SSSR count). The molecule has 122 valence electrons. The summed E-state index contributed by atoms with van der Waals surface area (Å²) in [4.78, 5) is 15.5. The van der Waals surface area contributed by atoms with Gasteiger partial charge in [0.1, 0.15) is 6.29 Å². The van der Waals surface area contributed by atoms with Crippen LogP contribution in [0.25, 0.3) is 0 Å². The van der Waals surface area contributed by atoms with Crippen molar-refractivity contribution >= 4 is 12.0 Å². The Morgan fingerprint density at radius 3 is 2.25 bits per heavy atom. The van der Waals surface area contributed by atoms with Gasteiger partial charge in [-0.2, -0.15) is 0 Å². The zero-order valence-electron chi connectivity index (χ0n) is 13.8. The highest BCUT2D eigenvalue weighted by Gasteiger charge is 2.15. The van der Waals surface area contributed by atoms with Crippen LogP contribution in [0.4, 0.5) is 5.69 Å². The highest BCUT2D eigenvalue weighted by Crippen LogP contribution is 2.15. The summed E-state index contributed by atoms with van der Waals surface area (Å²) in [5.74, 6) is 6.51. The minimum Gasteiger partial charge on any atom is -0.369 e. The van der Waals surface area contributed by atoms with Crippen molar-refractivity contribution in [1.29, 1.82) is 0 Å². The molecule has 0 amide bonds. The standard InChI is InChI=1S/C21H22N2O/c24-18-20-11-9-19(10-12-20)6-4-5-13-22-14-16-23(17-15-22)21-7-2-1-3-8-21/h1-3,7-12,18H,6,13-17H2. The molecule has 0 atom stereocenters. The van der Waals surface area contributed by atoms with Crippen LogP contribution in [0.1, 0.15) is 15.9 Å². The Morgan fingerprint density at radius 2 is 1.58 bits per heavy atom. The lowest BCUT2D eigenvalue weighted by molar-refractivity contribution is 0.112. The van der Waals surface area contributed by atoms with E-state index >= 15 is 0 Å². The maximum atomic E-state index is 10.6. The van der Waals surface area contributed by atoms with Gasteiger partial charge in [0.05, 0.1) is 6.54 Å². The Balaban J connectivity index is 1.43. The SMILES string of the molecule is O=Cc1ccc(CC#CCN2CCN(c3ccccc3)CC2)cc1. The second-order valence-corrected chi connectivity index (χ2v) is 5.99. The number of carbonyl (C=O) groups is 1. The van der Waals surface area contributed by atoms with Crippen molar-refractivity contribution in [2.45, 2.75) is 6.42 Å². The van der Waals surface area contributed by atoms with Crippen LogP contribution in [0.15, 0.2) is 54.6 Å². The van der Waals surface area contributed by atoms with Crippen LogP contribution in [0, 0.1) is 11.8 Å². The second kappa shape index (κ2) is 8.33. The zero-order valence-corrected chi connectivity index (χ0v) is 13.8. The predicted molar refractivity (Wildman–Crippen MR) is 98.4 cm³/mol. The molecule has 1 saturated heterocycles. The summed E-state index contributed by atoms with van der Waals surface area (Å²) < 4.78 is 0. The van der Waals surface area contributed by atoms with Crippen LogP contribution < -0.4 is 4.90 Å². The number of hydrogen-bond acceptors (Lipinski definition) is 3. The van der Waals surface area contributed by atoms with E-state index in [1.165, 1.54) is 5.69 Å². The molecule has 0 aliphatic carbocycles. The summed E-state index contributed by atoms with van der Waals surface area (Å²) >= 11 is 0. The molecule has 3 nitrogen and oxygen atoms in total. The number of hydrogen-bond donors (Lipinski definition) is 0. The van der Waals surface area contributed by atoms with Crippen LogP contribution >= 0.6 is 0 Å². The molecule has 3 heteroatoms. The van der Waals surface area contributed by atoms with E-state index in [9.17, 15) is 4.79 Å². The monoisotopic (exact) mass is 318 g/mol. The van der Waals surface area contributed by atoms with Crippen molar-refractivity contribution in [1.82, 2.24) is 4.90 Å². The Kier molecular flexibility index (Phi) is 5.65. The molecule has 1 fully saturated rings. The molecule has 0 radical (unpaired) electrons. The molecular weight excluding hydrogens is 296 g/mol. The Morgan fingerprint density at radius 1 is 0.875 bits per heavy atom. The smallest absolute Gasteiger partial charge is 0.150 e. The third-order valence-electron chi connectivity index (χ3n) is 4.33. The van der Waals surface area contributed by atoms with Crippen LogP contribution in [0.2, 0.25) is 0 Å². The summed E-state index contributed by atoms with van der Waals surface area (Å²) in [5, 5.41) is 0. The molecule has 1 aliphatic heterocycles. The van der Waals surface area contributed by atoms with E-state index in [1.54, 1.807) is 0 Å². The van der Waals surface area contributed by atoms with Gasteiger partial charge in [-0.05, 0) is 17.7 Å². The van der Waals surface area contributed by atoms with Gasteiger partial charge in [-0.1, -0.05) is 54.3 Å². The molecule has 1 aliphatic rings. The van der Waals surface area contributed by atoms with Crippen molar-refractivity contribution < 1.29 is 4.79 Å². The van der Waals surface area contributed by atoms with E-state index in [0.29, 0.717) is 5.56 Å². The Labute approximate surface area is 143 Å². The van der Waals surface area contributed by atoms with Crippen molar-refractivity contribution in [3.63, 3.8) is 0 Å². The molecule has 0 unspecified atom stereocenters. The quantitative estimate of drug-likeness (QED) is 0.640. The molecule has 0 aromatic heterocycles. The van der Waals surface area contributed by atoms with E-state index in [1.807, 2.05) is 24.3 Å². The summed E-state index contributed by atoms with van der Waals surface area (Å²) in [5.41, 5.74) is 3.17. The average Bonchev–Trinajstić information content (AvgIpc) is 2.67. The van der Waals surface area contributed by atoms with E-state index in [4.69, 9.17) is 0 Å². The Hall–Kier alpha value is -2.57. The summed E-state index contributed by atoms with van der Waals surface area (Å²) in [6.07, 6.45) is 1.60. The third-order valence-corrected chi connectivity index (χ3v) is 4.33.